The third kappa shape index (κ3) is 5.42. The van der Waals surface area contributed by atoms with E-state index in [9.17, 15) is 4.79 Å². The summed E-state index contributed by atoms with van der Waals surface area (Å²) in [6, 6.07) is 20.8. The van der Waals surface area contributed by atoms with E-state index in [1.807, 2.05) is 31.3 Å². The number of carbonyl (C=O) groups excluding carboxylic acids is 1. The lowest BCUT2D eigenvalue weighted by Crippen LogP contribution is -2.49. The van der Waals surface area contributed by atoms with Gasteiger partial charge in [0.25, 0.3) is 0 Å². The average Bonchev–Trinajstić information content (AvgIpc) is 2.87. The zero-order valence-corrected chi connectivity index (χ0v) is 19.6. The van der Waals surface area contributed by atoms with Crippen molar-refractivity contribution in [2.24, 2.45) is 5.41 Å². The summed E-state index contributed by atoms with van der Waals surface area (Å²) < 4.78 is 5.55. The number of rotatable bonds is 8. The zero-order chi connectivity index (χ0) is 23.1. The molecule has 0 bridgehead atoms. The Morgan fingerprint density at radius 1 is 1.06 bits per heavy atom. The van der Waals surface area contributed by atoms with Crippen LogP contribution in [0.1, 0.15) is 30.9 Å². The van der Waals surface area contributed by atoms with Crippen LogP contribution in [0.4, 0.5) is 0 Å². The standard InChI is InChI=1S/C28H33N3O2/c1-3-33-25-12-10-22(11-13-25)21-31-17-14-28(15-18-31,27(32)29-2)19-23-7-4-5-9-26(23)24-8-6-16-30-20-24/h4-13,16,20H,3,14-15,17-19,21H2,1-2H3,(H,29,32). The Kier molecular flexibility index (Phi) is 7.40. The third-order valence-corrected chi connectivity index (χ3v) is 6.68. The van der Waals surface area contributed by atoms with Gasteiger partial charge in [-0.1, -0.05) is 42.5 Å². The number of nitrogens with zero attached hydrogens (tertiary/aromatic N) is 2. The highest BCUT2D eigenvalue weighted by atomic mass is 16.5. The molecule has 1 aromatic heterocycles. The summed E-state index contributed by atoms with van der Waals surface area (Å²) in [7, 11) is 1.75. The van der Waals surface area contributed by atoms with E-state index in [2.05, 4.69) is 57.7 Å². The summed E-state index contributed by atoms with van der Waals surface area (Å²) >= 11 is 0. The summed E-state index contributed by atoms with van der Waals surface area (Å²) in [5.74, 6) is 1.05. The summed E-state index contributed by atoms with van der Waals surface area (Å²) in [6.07, 6.45) is 6.09. The van der Waals surface area contributed by atoms with E-state index in [1.165, 1.54) is 11.1 Å². The molecule has 0 aliphatic carbocycles. The first-order chi connectivity index (χ1) is 16.1. The van der Waals surface area contributed by atoms with Gasteiger partial charge in [-0.05, 0) is 74.2 Å². The smallest absolute Gasteiger partial charge is 0.226 e. The van der Waals surface area contributed by atoms with E-state index >= 15 is 0 Å². The molecule has 5 heteroatoms. The number of carbonyl (C=O) groups is 1. The lowest BCUT2D eigenvalue weighted by atomic mass is 9.72. The minimum atomic E-state index is -0.400. The molecule has 5 nitrogen and oxygen atoms in total. The lowest BCUT2D eigenvalue weighted by molar-refractivity contribution is -0.133. The number of likely N-dealkylation sites (tertiary alicyclic amines) is 1. The quantitative estimate of drug-likeness (QED) is 0.547. The molecule has 33 heavy (non-hydrogen) atoms. The van der Waals surface area contributed by atoms with Gasteiger partial charge in [-0.3, -0.25) is 14.7 Å². The molecule has 0 unspecified atom stereocenters. The van der Waals surface area contributed by atoms with Crippen LogP contribution in [-0.4, -0.2) is 42.5 Å². The molecule has 2 heterocycles. The van der Waals surface area contributed by atoms with E-state index in [0.29, 0.717) is 6.61 Å². The lowest BCUT2D eigenvalue weighted by Gasteiger charge is -2.41. The Morgan fingerprint density at radius 2 is 1.82 bits per heavy atom. The Balaban J connectivity index is 1.48. The van der Waals surface area contributed by atoms with Crippen molar-refractivity contribution in [3.05, 3.63) is 84.2 Å². The number of piperidine rings is 1. The van der Waals surface area contributed by atoms with Crippen LogP contribution in [0.15, 0.2) is 73.1 Å². The number of ether oxygens (including phenoxy) is 1. The summed E-state index contributed by atoms with van der Waals surface area (Å²) in [5, 5.41) is 2.95. The fourth-order valence-electron chi connectivity index (χ4n) is 4.85. The molecule has 1 aliphatic heterocycles. The minimum Gasteiger partial charge on any atom is -0.494 e. The highest BCUT2D eigenvalue weighted by molar-refractivity contribution is 5.83. The SMILES string of the molecule is CCOc1ccc(CN2CCC(Cc3ccccc3-c3cccnc3)(C(=O)NC)CC2)cc1. The van der Waals surface area contributed by atoms with Crippen molar-refractivity contribution in [2.75, 3.05) is 26.7 Å². The number of hydrogen-bond donors (Lipinski definition) is 1. The molecule has 172 valence electrons. The van der Waals surface area contributed by atoms with Crippen LogP contribution in [0, 0.1) is 5.41 Å². The maximum atomic E-state index is 13.1. The maximum Gasteiger partial charge on any atom is 0.226 e. The van der Waals surface area contributed by atoms with Crippen molar-refractivity contribution in [3.63, 3.8) is 0 Å². The Morgan fingerprint density at radius 3 is 2.48 bits per heavy atom. The average molecular weight is 444 g/mol. The number of amides is 1. The highest BCUT2D eigenvalue weighted by Gasteiger charge is 2.41. The monoisotopic (exact) mass is 443 g/mol. The van der Waals surface area contributed by atoms with Crippen molar-refractivity contribution in [1.82, 2.24) is 15.2 Å². The van der Waals surface area contributed by atoms with Crippen molar-refractivity contribution < 1.29 is 9.53 Å². The molecule has 0 saturated carbocycles. The number of hydrogen-bond acceptors (Lipinski definition) is 4. The molecule has 2 aromatic carbocycles. The van der Waals surface area contributed by atoms with Gasteiger partial charge in [0.15, 0.2) is 0 Å². The van der Waals surface area contributed by atoms with Crippen LogP contribution >= 0.6 is 0 Å². The van der Waals surface area contributed by atoms with Crippen LogP contribution in [0.3, 0.4) is 0 Å². The van der Waals surface area contributed by atoms with Gasteiger partial charge in [-0.2, -0.15) is 0 Å². The van der Waals surface area contributed by atoms with E-state index in [-0.39, 0.29) is 5.91 Å². The predicted octanol–water partition coefficient (Wildman–Crippen LogP) is 4.72. The molecule has 0 radical (unpaired) electrons. The zero-order valence-electron chi connectivity index (χ0n) is 19.6. The van der Waals surface area contributed by atoms with Gasteiger partial charge in [0, 0.05) is 31.5 Å². The van der Waals surface area contributed by atoms with Gasteiger partial charge in [0.05, 0.1) is 12.0 Å². The highest BCUT2D eigenvalue weighted by Crippen LogP contribution is 2.38. The molecular formula is C28H33N3O2. The van der Waals surface area contributed by atoms with E-state index < -0.39 is 5.41 Å². The molecule has 1 aliphatic rings. The van der Waals surface area contributed by atoms with Crippen molar-refractivity contribution in [1.29, 1.82) is 0 Å². The Labute approximate surface area is 196 Å². The molecule has 3 aromatic rings. The van der Waals surface area contributed by atoms with E-state index in [1.54, 1.807) is 13.2 Å². The third-order valence-electron chi connectivity index (χ3n) is 6.68. The molecule has 0 atom stereocenters. The Bertz CT molecular complexity index is 1040. The van der Waals surface area contributed by atoms with E-state index in [4.69, 9.17) is 4.74 Å². The summed E-state index contributed by atoms with van der Waals surface area (Å²) in [6.45, 7) is 5.36. The molecular weight excluding hydrogens is 410 g/mol. The number of aromatic nitrogens is 1. The number of benzene rings is 2. The van der Waals surface area contributed by atoms with Gasteiger partial charge in [0.1, 0.15) is 5.75 Å². The Hall–Kier alpha value is -3.18. The molecule has 1 N–H and O–H groups in total. The van der Waals surface area contributed by atoms with Crippen LogP contribution < -0.4 is 10.1 Å². The van der Waals surface area contributed by atoms with Gasteiger partial charge >= 0.3 is 0 Å². The number of pyridine rings is 1. The second-order valence-electron chi connectivity index (χ2n) is 8.79. The second-order valence-corrected chi connectivity index (χ2v) is 8.79. The maximum absolute atomic E-state index is 13.1. The van der Waals surface area contributed by atoms with Crippen LogP contribution in [-0.2, 0) is 17.8 Å². The van der Waals surface area contributed by atoms with Crippen LogP contribution in [0.5, 0.6) is 5.75 Å². The van der Waals surface area contributed by atoms with Gasteiger partial charge in [-0.25, -0.2) is 0 Å². The van der Waals surface area contributed by atoms with Gasteiger partial charge < -0.3 is 10.1 Å². The molecule has 1 fully saturated rings. The van der Waals surface area contributed by atoms with E-state index in [0.717, 1.165) is 55.8 Å². The molecule has 0 spiro atoms. The van der Waals surface area contributed by atoms with Crippen LogP contribution in [0.25, 0.3) is 11.1 Å². The summed E-state index contributed by atoms with van der Waals surface area (Å²) in [5.41, 5.74) is 4.32. The molecule has 4 rings (SSSR count). The topological polar surface area (TPSA) is 54.5 Å². The largest absolute Gasteiger partial charge is 0.494 e. The van der Waals surface area contributed by atoms with Crippen molar-refractivity contribution in [2.45, 2.75) is 32.7 Å². The number of nitrogens with one attached hydrogen (secondary N) is 1. The minimum absolute atomic E-state index is 0.143. The fourth-order valence-corrected chi connectivity index (χ4v) is 4.85. The first kappa shape index (κ1) is 23.0. The van der Waals surface area contributed by atoms with Gasteiger partial charge in [-0.15, -0.1) is 0 Å². The molecule has 1 amide bonds. The first-order valence-electron chi connectivity index (χ1n) is 11.8. The predicted molar refractivity (Wildman–Crippen MR) is 132 cm³/mol. The molecule has 1 saturated heterocycles. The first-order valence-corrected chi connectivity index (χ1v) is 11.8. The fraction of sp³-hybridized carbons (Fsp3) is 0.357. The van der Waals surface area contributed by atoms with Crippen LogP contribution in [0.2, 0.25) is 0 Å². The van der Waals surface area contributed by atoms with Gasteiger partial charge in [0.2, 0.25) is 5.91 Å². The normalized spacial score (nSPS) is 15.7. The van der Waals surface area contributed by atoms with Crippen molar-refractivity contribution >= 4 is 5.91 Å². The summed E-state index contributed by atoms with van der Waals surface area (Å²) in [4.78, 5) is 19.9. The second kappa shape index (κ2) is 10.6. The van der Waals surface area contributed by atoms with Crippen molar-refractivity contribution in [3.8, 4) is 16.9 Å².